The standard InChI is InChI=1S/C45H75NO7/c1-6-8-10-12-14-16-18-20-21-22-24-26-28-30-32-34-36-44(48)53-41(39-51-38-37-42(45(49)50)46(3,4)5)40-52-43(47)35-33-31-29-27-25-23-19-17-15-13-11-9-7-2/h8-11,13-17,19-21,41-42H,6-7,12,18,22-40H2,1-5H3/p+1/b10-8+,11-9+,15-13+,16-14+,19-17+,21-20+. The maximum absolute atomic E-state index is 12.7. The van der Waals surface area contributed by atoms with Crippen LogP contribution in [0.1, 0.15) is 142 Å². The summed E-state index contributed by atoms with van der Waals surface area (Å²) in [5, 5.41) is 9.60. The van der Waals surface area contributed by atoms with Crippen molar-refractivity contribution in [2.75, 3.05) is 41.0 Å². The van der Waals surface area contributed by atoms with Gasteiger partial charge in [-0.15, -0.1) is 0 Å². The third-order valence-electron chi connectivity index (χ3n) is 8.66. The summed E-state index contributed by atoms with van der Waals surface area (Å²) in [7, 11) is 5.50. The summed E-state index contributed by atoms with van der Waals surface area (Å²) in [6.07, 6.45) is 43.7. The molecule has 0 spiro atoms. The number of likely N-dealkylation sites (N-methyl/N-ethyl adjacent to an activating group) is 1. The number of unbranched alkanes of at least 4 members (excludes halogenated alkanes) is 11. The summed E-state index contributed by atoms with van der Waals surface area (Å²) in [5.74, 6) is -1.52. The van der Waals surface area contributed by atoms with E-state index in [2.05, 4.69) is 80.7 Å². The number of allylic oxidation sites excluding steroid dienone is 12. The first-order valence-corrected chi connectivity index (χ1v) is 20.5. The minimum absolute atomic E-state index is 0.0449. The number of ether oxygens (including phenoxy) is 3. The van der Waals surface area contributed by atoms with Gasteiger partial charge in [0, 0.05) is 19.3 Å². The van der Waals surface area contributed by atoms with Gasteiger partial charge in [0.25, 0.3) is 0 Å². The van der Waals surface area contributed by atoms with Crippen molar-refractivity contribution >= 4 is 17.9 Å². The van der Waals surface area contributed by atoms with E-state index in [9.17, 15) is 19.5 Å². The SMILES string of the molecule is CC/C=C/C=C/C=C/CCCCCCCC(=O)OCC(COCCC(C(=O)O)[N+](C)(C)C)OC(=O)CCCCCCCC/C=C/C/C=C/C/C=C/CC. The van der Waals surface area contributed by atoms with Crippen LogP contribution in [0.2, 0.25) is 0 Å². The highest BCUT2D eigenvalue weighted by atomic mass is 16.6. The van der Waals surface area contributed by atoms with E-state index >= 15 is 0 Å². The molecule has 0 saturated carbocycles. The Morgan fingerprint density at radius 3 is 1.68 bits per heavy atom. The van der Waals surface area contributed by atoms with Gasteiger partial charge in [0.2, 0.25) is 0 Å². The first kappa shape index (κ1) is 49.8. The molecule has 0 aromatic carbocycles. The minimum Gasteiger partial charge on any atom is -0.477 e. The molecule has 0 rings (SSSR count). The fourth-order valence-corrected chi connectivity index (χ4v) is 5.52. The second-order valence-electron chi connectivity index (χ2n) is 14.5. The van der Waals surface area contributed by atoms with E-state index in [0.29, 0.717) is 19.3 Å². The molecule has 0 radical (unpaired) electrons. The van der Waals surface area contributed by atoms with Crippen molar-refractivity contribution in [1.29, 1.82) is 0 Å². The summed E-state index contributed by atoms with van der Waals surface area (Å²) in [6.45, 7) is 4.43. The van der Waals surface area contributed by atoms with Crippen LogP contribution in [0.15, 0.2) is 72.9 Å². The van der Waals surface area contributed by atoms with E-state index in [1.165, 1.54) is 12.8 Å². The molecule has 0 amide bonds. The van der Waals surface area contributed by atoms with Crippen molar-refractivity contribution in [3.63, 3.8) is 0 Å². The number of esters is 2. The third kappa shape index (κ3) is 34.3. The highest BCUT2D eigenvalue weighted by molar-refractivity contribution is 5.72. The molecular weight excluding hydrogens is 666 g/mol. The van der Waals surface area contributed by atoms with Crippen LogP contribution in [-0.4, -0.2) is 80.6 Å². The first-order chi connectivity index (χ1) is 25.6. The van der Waals surface area contributed by atoms with Crippen molar-refractivity contribution in [2.24, 2.45) is 0 Å². The number of nitrogens with zero attached hydrogens (tertiary/aromatic N) is 1. The molecule has 0 heterocycles. The summed E-state index contributed by atoms with van der Waals surface area (Å²) in [4.78, 5) is 36.9. The average Bonchev–Trinajstić information content (AvgIpc) is 3.11. The van der Waals surface area contributed by atoms with Crippen LogP contribution >= 0.6 is 0 Å². The molecule has 53 heavy (non-hydrogen) atoms. The largest absolute Gasteiger partial charge is 0.477 e. The molecule has 0 aromatic heterocycles. The van der Waals surface area contributed by atoms with Crippen LogP contribution in [0.4, 0.5) is 0 Å². The molecule has 302 valence electrons. The summed E-state index contributed by atoms with van der Waals surface area (Å²) < 4.78 is 17.2. The Labute approximate surface area is 323 Å². The quantitative estimate of drug-likeness (QED) is 0.0227. The van der Waals surface area contributed by atoms with Crippen LogP contribution in [0.25, 0.3) is 0 Å². The van der Waals surface area contributed by atoms with E-state index in [4.69, 9.17) is 14.2 Å². The van der Waals surface area contributed by atoms with E-state index in [0.717, 1.165) is 96.3 Å². The molecule has 0 fully saturated rings. The third-order valence-corrected chi connectivity index (χ3v) is 8.66. The number of carbonyl (C=O) groups excluding carboxylic acids is 2. The Bertz CT molecular complexity index is 1100. The molecule has 0 bridgehead atoms. The fourth-order valence-electron chi connectivity index (χ4n) is 5.52. The molecule has 2 atom stereocenters. The normalized spacial score (nSPS) is 13.8. The van der Waals surface area contributed by atoms with Gasteiger partial charge in [-0.05, 0) is 64.2 Å². The van der Waals surface area contributed by atoms with Crippen LogP contribution in [0, 0.1) is 0 Å². The van der Waals surface area contributed by atoms with Crippen LogP contribution in [0.3, 0.4) is 0 Å². The molecule has 0 aliphatic carbocycles. The molecule has 8 nitrogen and oxygen atoms in total. The molecule has 8 heteroatoms. The highest BCUT2D eigenvalue weighted by Crippen LogP contribution is 2.13. The maximum Gasteiger partial charge on any atom is 0.362 e. The number of hydrogen-bond acceptors (Lipinski definition) is 6. The van der Waals surface area contributed by atoms with Gasteiger partial charge < -0.3 is 23.8 Å². The number of quaternary nitrogens is 1. The zero-order valence-electron chi connectivity index (χ0n) is 34.2. The molecule has 0 aliphatic rings. The zero-order chi connectivity index (χ0) is 39.3. The maximum atomic E-state index is 12.7. The van der Waals surface area contributed by atoms with Crippen molar-refractivity contribution in [3.8, 4) is 0 Å². The van der Waals surface area contributed by atoms with Gasteiger partial charge in [-0.3, -0.25) is 9.59 Å². The Morgan fingerprint density at radius 2 is 1.09 bits per heavy atom. The van der Waals surface area contributed by atoms with Gasteiger partial charge >= 0.3 is 17.9 Å². The van der Waals surface area contributed by atoms with Crippen molar-refractivity contribution in [3.05, 3.63) is 72.9 Å². The van der Waals surface area contributed by atoms with Gasteiger partial charge in [0.15, 0.2) is 12.1 Å². The number of hydrogen-bond donors (Lipinski definition) is 1. The molecule has 2 unspecified atom stereocenters. The number of aliphatic carboxylic acids is 1. The fraction of sp³-hybridized carbons (Fsp3) is 0.667. The molecule has 1 N–H and O–H groups in total. The number of rotatable bonds is 35. The number of carbonyl (C=O) groups is 3. The highest BCUT2D eigenvalue weighted by Gasteiger charge is 2.31. The second kappa shape index (κ2) is 35.8. The Morgan fingerprint density at radius 1 is 0.585 bits per heavy atom. The Hall–Kier alpha value is -3.23. The Kier molecular flexibility index (Phi) is 33.6. The zero-order valence-corrected chi connectivity index (χ0v) is 34.2. The van der Waals surface area contributed by atoms with Gasteiger partial charge in [0.05, 0.1) is 34.4 Å². The number of carboxylic acids is 1. The van der Waals surface area contributed by atoms with E-state index in [-0.39, 0.29) is 36.2 Å². The monoisotopic (exact) mass is 743 g/mol. The lowest BCUT2D eigenvalue weighted by molar-refractivity contribution is -0.887. The predicted octanol–water partition coefficient (Wildman–Crippen LogP) is 10.8. The van der Waals surface area contributed by atoms with Gasteiger partial charge in [-0.25, -0.2) is 4.79 Å². The average molecular weight is 743 g/mol. The van der Waals surface area contributed by atoms with Crippen LogP contribution < -0.4 is 0 Å². The molecule has 0 saturated heterocycles. The lowest BCUT2D eigenvalue weighted by Gasteiger charge is -2.31. The van der Waals surface area contributed by atoms with Crippen LogP contribution in [0.5, 0.6) is 0 Å². The van der Waals surface area contributed by atoms with Gasteiger partial charge in [0.1, 0.15) is 6.61 Å². The van der Waals surface area contributed by atoms with Crippen molar-refractivity contribution in [2.45, 2.75) is 154 Å². The lowest BCUT2D eigenvalue weighted by atomic mass is 10.1. The van der Waals surface area contributed by atoms with E-state index in [1.54, 1.807) is 0 Å². The summed E-state index contributed by atoms with van der Waals surface area (Å²) in [5.41, 5.74) is 0. The van der Waals surface area contributed by atoms with Crippen molar-refractivity contribution in [1.82, 2.24) is 0 Å². The molecular formula is C45H76NO7+. The molecule has 0 aromatic rings. The Balaban J connectivity index is 4.45. The van der Waals surface area contributed by atoms with E-state index in [1.807, 2.05) is 27.2 Å². The molecule has 0 aliphatic heterocycles. The smallest absolute Gasteiger partial charge is 0.362 e. The summed E-state index contributed by atoms with van der Waals surface area (Å²) in [6, 6.07) is -0.623. The van der Waals surface area contributed by atoms with Crippen molar-refractivity contribution < 1.29 is 38.2 Å². The summed E-state index contributed by atoms with van der Waals surface area (Å²) >= 11 is 0. The minimum atomic E-state index is -0.884. The first-order valence-electron chi connectivity index (χ1n) is 20.5. The topological polar surface area (TPSA) is 99.1 Å². The second-order valence-corrected chi connectivity index (χ2v) is 14.5. The van der Waals surface area contributed by atoms with Gasteiger partial charge in [-0.2, -0.15) is 0 Å². The number of carboxylic acid groups (broad SMARTS) is 1. The predicted molar refractivity (Wildman–Crippen MR) is 220 cm³/mol. The van der Waals surface area contributed by atoms with E-state index < -0.39 is 18.1 Å². The van der Waals surface area contributed by atoms with Gasteiger partial charge in [-0.1, -0.05) is 132 Å². The lowest BCUT2D eigenvalue weighted by Crippen LogP contribution is -2.50. The van der Waals surface area contributed by atoms with Crippen LogP contribution in [-0.2, 0) is 28.6 Å².